The first-order valence-corrected chi connectivity index (χ1v) is 7.57. The lowest BCUT2D eigenvalue weighted by Gasteiger charge is -2.13. The zero-order valence-corrected chi connectivity index (χ0v) is 13.8. The third-order valence-corrected chi connectivity index (χ3v) is 3.35. The maximum absolute atomic E-state index is 5.12. The molecule has 124 valence electrons. The molecule has 0 aromatic carbocycles. The summed E-state index contributed by atoms with van der Waals surface area (Å²) in [6, 6.07) is 3.83. The van der Waals surface area contributed by atoms with Gasteiger partial charge >= 0.3 is 0 Å². The zero-order chi connectivity index (χ0) is 16.5. The van der Waals surface area contributed by atoms with E-state index in [9.17, 15) is 0 Å². The number of methoxy groups -OCH3 is 1. The van der Waals surface area contributed by atoms with Crippen molar-refractivity contribution in [3.63, 3.8) is 0 Å². The Morgan fingerprint density at radius 1 is 1.39 bits per heavy atom. The number of guanidine groups is 1. The van der Waals surface area contributed by atoms with Gasteiger partial charge in [0.25, 0.3) is 0 Å². The second-order valence-electron chi connectivity index (χ2n) is 4.85. The predicted octanol–water partition coefficient (Wildman–Crippen LogP) is 0.609. The molecule has 8 nitrogen and oxygen atoms in total. The van der Waals surface area contributed by atoms with Gasteiger partial charge in [-0.1, -0.05) is 6.92 Å². The third kappa shape index (κ3) is 4.94. The second kappa shape index (κ2) is 8.72. The summed E-state index contributed by atoms with van der Waals surface area (Å²) in [6.45, 7) is 4.24. The monoisotopic (exact) mass is 317 g/mol. The van der Waals surface area contributed by atoms with Crippen LogP contribution < -0.4 is 15.4 Å². The molecule has 0 bridgehead atoms. The van der Waals surface area contributed by atoms with E-state index in [4.69, 9.17) is 4.74 Å². The molecule has 2 aromatic heterocycles. The number of nitrogens with zero attached hydrogens (tertiary/aromatic N) is 5. The van der Waals surface area contributed by atoms with E-state index < -0.39 is 0 Å². The summed E-state index contributed by atoms with van der Waals surface area (Å²) < 4.78 is 7.15. The predicted molar refractivity (Wildman–Crippen MR) is 88.4 cm³/mol. The van der Waals surface area contributed by atoms with Gasteiger partial charge in [0.2, 0.25) is 5.88 Å². The van der Waals surface area contributed by atoms with Gasteiger partial charge in [-0.15, -0.1) is 10.2 Å². The Labute approximate surface area is 136 Å². The van der Waals surface area contributed by atoms with Crippen LogP contribution in [0, 0.1) is 0 Å². The largest absolute Gasteiger partial charge is 0.481 e. The van der Waals surface area contributed by atoms with Gasteiger partial charge in [-0.3, -0.25) is 4.99 Å². The average molecular weight is 317 g/mol. The molecular weight excluding hydrogens is 294 g/mol. The fraction of sp³-hybridized carbons (Fsp3) is 0.467. The van der Waals surface area contributed by atoms with Crippen molar-refractivity contribution in [2.24, 2.45) is 4.99 Å². The van der Waals surface area contributed by atoms with E-state index in [1.54, 1.807) is 26.7 Å². The van der Waals surface area contributed by atoms with Crippen LogP contribution in [-0.4, -0.2) is 46.4 Å². The summed E-state index contributed by atoms with van der Waals surface area (Å²) in [7, 11) is 3.36. The standard InChI is InChI=1S/C15H23N7O/c1-4-13-21-20-11-22(13)8-7-18-15(16-2)19-10-12-5-6-17-14(9-12)23-3/h5-6,9,11H,4,7-8,10H2,1-3H3,(H2,16,18,19). The molecule has 2 N–H and O–H groups in total. The van der Waals surface area contributed by atoms with E-state index >= 15 is 0 Å². The molecule has 0 fully saturated rings. The first-order chi connectivity index (χ1) is 11.3. The molecule has 0 spiro atoms. The minimum Gasteiger partial charge on any atom is -0.481 e. The maximum atomic E-state index is 5.12. The lowest BCUT2D eigenvalue weighted by molar-refractivity contribution is 0.397. The van der Waals surface area contributed by atoms with Gasteiger partial charge in [0.15, 0.2) is 5.96 Å². The molecule has 0 saturated heterocycles. The van der Waals surface area contributed by atoms with Gasteiger partial charge in [-0.25, -0.2) is 4.98 Å². The number of hydrogen-bond donors (Lipinski definition) is 2. The number of aliphatic imine (C=N–C) groups is 1. The smallest absolute Gasteiger partial charge is 0.213 e. The Hall–Kier alpha value is -2.64. The van der Waals surface area contributed by atoms with Gasteiger partial charge < -0.3 is 19.9 Å². The van der Waals surface area contributed by atoms with Crippen molar-refractivity contribution < 1.29 is 4.74 Å². The van der Waals surface area contributed by atoms with E-state index in [1.165, 1.54) is 0 Å². The van der Waals surface area contributed by atoms with Crippen LogP contribution in [0.4, 0.5) is 0 Å². The Morgan fingerprint density at radius 2 is 2.26 bits per heavy atom. The topological polar surface area (TPSA) is 89.2 Å². The summed E-state index contributed by atoms with van der Waals surface area (Å²) in [4.78, 5) is 8.30. The van der Waals surface area contributed by atoms with Crippen molar-refractivity contribution in [1.82, 2.24) is 30.4 Å². The molecule has 0 amide bonds. The Morgan fingerprint density at radius 3 is 3.00 bits per heavy atom. The summed E-state index contributed by atoms with van der Waals surface area (Å²) >= 11 is 0. The van der Waals surface area contributed by atoms with Crippen LogP contribution >= 0.6 is 0 Å². The molecule has 2 aromatic rings. The second-order valence-corrected chi connectivity index (χ2v) is 4.85. The molecule has 2 rings (SSSR count). The quantitative estimate of drug-likeness (QED) is 0.574. The maximum Gasteiger partial charge on any atom is 0.213 e. The molecule has 8 heteroatoms. The number of aromatic nitrogens is 4. The molecule has 0 aliphatic rings. The normalized spacial score (nSPS) is 11.3. The van der Waals surface area contributed by atoms with Gasteiger partial charge in [0.05, 0.1) is 7.11 Å². The number of hydrogen-bond acceptors (Lipinski definition) is 5. The highest BCUT2D eigenvalue weighted by Crippen LogP contribution is 2.07. The molecule has 0 saturated carbocycles. The number of nitrogens with one attached hydrogen (secondary N) is 2. The molecule has 2 heterocycles. The molecule has 23 heavy (non-hydrogen) atoms. The fourth-order valence-electron chi connectivity index (χ4n) is 2.11. The van der Waals surface area contributed by atoms with Gasteiger partial charge in [0.1, 0.15) is 12.2 Å². The van der Waals surface area contributed by atoms with Crippen molar-refractivity contribution in [1.29, 1.82) is 0 Å². The number of aryl methyl sites for hydroxylation is 1. The van der Waals surface area contributed by atoms with Crippen molar-refractivity contribution in [3.8, 4) is 5.88 Å². The Bertz CT molecular complexity index is 638. The summed E-state index contributed by atoms with van der Waals surface area (Å²) in [5.74, 6) is 2.33. The molecule has 0 aliphatic carbocycles. The molecule has 0 unspecified atom stereocenters. The van der Waals surface area contributed by atoms with Gasteiger partial charge in [-0.05, 0) is 11.6 Å². The highest BCUT2D eigenvalue weighted by molar-refractivity contribution is 5.79. The van der Waals surface area contributed by atoms with Gasteiger partial charge in [0, 0.05) is 45.4 Å². The minimum atomic E-state index is 0.604. The molecule has 0 atom stereocenters. The molecule has 0 radical (unpaired) electrons. The van der Waals surface area contributed by atoms with Crippen molar-refractivity contribution in [2.75, 3.05) is 20.7 Å². The third-order valence-electron chi connectivity index (χ3n) is 3.35. The average Bonchev–Trinajstić information content (AvgIpc) is 3.05. The first kappa shape index (κ1) is 16.7. The van der Waals surface area contributed by atoms with Crippen molar-refractivity contribution >= 4 is 5.96 Å². The molecular formula is C15H23N7O. The van der Waals surface area contributed by atoms with Crippen LogP contribution in [0.25, 0.3) is 0 Å². The lowest BCUT2D eigenvalue weighted by atomic mass is 10.2. The van der Waals surface area contributed by atoms with Crippen LogP contribution in [0.15, 0.2) is 29.6 Å². The highest BCUT2D eigenvalue weighted by Gasteiger charge is 2.03. The highest BCUT2D eigenvalue weighted by atomic mass is 16.5. The summed E-state index contributed by atoms with van der Waals surface area (Å²) in [5.41, 5.74) is 1.08. The lowest BCUT2D eigenvalue weighted by Crippen LogP contribution is -2.38. The minimum absolute atomic E-state index is 0.604. The van der Waals surface area contributed by atoms with Crippen molar-refractivity contribution in [3.05, 3.63) is 36.0 Å². The van der Waals surface area contributed by atoms with Crippen LogP contribution in [0.2, 0.25) is 0 Å². The van der Waals surface area contributed by atoms with E-state index in [0.29, 0.717) is 12.4 Å². The van der Waals surface area contributed by atoms with Crippen molar-refractivity contribution in [2.45, 2.75) is 26.4 Å². The SMILES string of the molecule is CCc1nncn1CCNC(=NC)NCc1ccnc(OC)c1. The van der Waals surface area contributed by atoms with Crippen LogP contribution in [0.3, 0.4) is 0 Å². The number of rotatable bonds is 7. The fourth-order valence-corrected chi connectivity index (χ4v) is 2.11. The Balaban J connectivity index is 1.79. The number of ether oxygens (including phenoxy) is 1. The molecule has 0 aliphatic heterocycles. The van der Waals surface area contributed by atoms with E-state index in [2.05, 4.69) is 37.7 Å². The first-order valence-electron chi connectivity index (χ1n) is 7.57. The summed E-state index contributed by atoms with van der Waals surface area (Å²) in [6.07, 6.45) is 4.35. The van der Waals surface area contributed by atoms with Gasteiger partial charge in [-0.2, -0.15) is 0 Å². The number of pyridine rings is 1. The van der Waals surface area contributed by atoms with Crippen LogP contribution in [-0.2, 0) is 19.5 Å². The summed E-state index contributed by atoms with van der Waals surface area (Å²) in [5, 5.41) is 14.5. The Kier molecular flexibility index (Phi) is 6.34. The van der Waals surface area contributed by atoms with E-state index in [0.717, 1.165) is 36.9 Å². The zero-order valence-electron chi connectivity index (χ0n) is 13.8. The van der Waals surface area contributed by atoms with Crippen LogP contribution in [0.5, 0.6) is 5.88 Å². The van der Waals surface area contributed by atoms with E-state index in [1.807, 2.05) is 16.7 Å². The van der Waals surface area contributed by atoms with E-state index in [-0.39, 0.29) is 0 Å². The van der Waals surface area contributed by atoms with Crippen LogP contribution in [0.1, 0.15) is 18.3 Å².